The van der Waals surface area contributed by atoms with Crippen LogP contribution >= 0.6 is 27.3 Å². The maximum absolute atomic E-state index is 11.2. The van der Waals surface area contributed by atoms with E-state index in [2.05, 4.69) is 26.2 Å². The lowest BCUT2D eigenvalue weighted by Crippen LogP contribution is -1.98. The van der Waals surface area contributed by atoms with Gasteiger partial charge in [-0.3, -0.25) is 0 Å². The Bertz CT molecular complexity index is 598. The van der Waals surface area contributed by atoms with E-state index in [1.165, 1.54) is 11.3 Å². The molecule has 0 aliphatic heterocycles. The molecule has 2 rings (SSSR count). The molecular weight excluding hydrogens is 328 g/mol. The van der Waals surface area contributed by atoms with Crippen molar-refractivity contribution in [3.8, 4) is 0 Å². The Balaban J connectivity index is 2.25. The number of hydrogen-bond acceptors (Lipinski definition) is 4. The number of halogens is 1. The fourth-order valence-electron chi connectivity index (χ4n) is 1.67. The largest absolute Gasteiger partial charge is 0.477 e. The van der Waals surface area contributed by atoms with E-state index in [0.717, 1.165) is 16.6 Å². The average Bonchev–Trinajstić information content (AvgIpc) is 2.73. The number of anilines is 2. The summed E-state index contributed by atoms with van der Waals surface area (Å²) >= 11 is 4.56. The lowest BCUT2D eigenvalue weighted by atomic mass is 10.2. The molecule has 2 aromatic rings. The Hall–Kier alpha value is -1.40. The van der Waals surface area contributed by atoms with E-state index in [0.29, 0.717) is 22.1 Å². The predicted molar refractivity (Wildman–Crippen MR) is 80.5 cm³/mol. The Morgan fingerprint density at radius 2 is 2.32 bits per heavy atom. The van der Waals surface area contributed by atoms with Crippen molar-refractivity contribution in [3.05, 3.63) is 39.3 Å². The van der Waals surface area contributed by atoms with Gasteiger partial charge in [0.05, 0.1) is 5.69 Å². The molecule has 0 radical (unpaired) electrons. The molecule has 1 heterocycles. The van der Waals surface area contributed by atoms with Crippen LogP contribution in [0.25, 0.3) is 0 Å². The van der Waals surface area contributed by atoms with E-state index in [4.69, 9.17) is 5.11 Å². The van der Waals surface area contributed by atoms with Crippen LogP contribution in [-0.2, 0) is 6.42 Å². The Morgan fingerprint density at radius 1 is 1.53 bits per heavy atom. The van der Waals surface area contributed by atoms with E-state index >= 15 is 0 Å². The molecule has 2 N–H and O–H groups in total. The van der Waals surface area contributed by atoms with Gasteiger partial charge in [0.1, 0.15) is 4.88 Å². The number of aromatic carboxylic acids is 1. The van der Waals surface area contributed by atoms with Gasteiger partial charge >= 0.3 is 5.97 Å². The van der Waals surface area contributed by atoms with Crippen molar-refractivity contribution in [1.29, 1.82) is 0 Å². The van der Waals surface area contributed by atoms with E-state index in [-0.39, 0.29) is 0 Å². The smallest absolute Gasteiger partial charge is 0.347 e. The first-order chi connectivity index (χ1) is 9.10. The number of nitrogens with zero attached hydrogens (tertiary/aromatic N) is 1. The molecule has 0 amide bonds. The summed E-state index contributed by atoms with van der Waals surface area (Å²) in [5, 5.41) is 12.9. The molecular formula is C13H13BrN2O2S. The van der Waals surface area contributed by atoms with Crippen molar-refractivity contribution in [2.75, 3.05) is 5.32 Å². The number of hydrogen-bond donors (Lipinski definition) is 2. The molecule has 0 atom stereocenters. The second kappa shape index (κ2) is 6.16. The minimum atomic E-state index is -0.914. The van der Waals surface area contributed by atoms with Gasteiger partial charge in [-0.2, -0.15) is 0 Å². The molecule has 0 unspecified atom stereocenters. The quantitative estimate of drug-likeness (QED) is 0.851. The van der Waals surface area contributed by atoms with Crippen LogP contribution in [0.1, 0.15) is 28.7 Å². The van der Waals surface area contributed by atoms with Crippen LogP contribution in [0.15, 0.2) is 28.7 Å². The molecule has 4 nitrogen and oxygen atoms in total. The van der Waals surface area contributed by atoms with E-state index in [1.54, 1.807) is 0 Å². The van der Waals surface area contributed by atoms with E-state index < -0.39 is 5.97 Å². The zero-order valence-corrected chi connectivity index (χ0v) is 12.7. The zero-order chi connectivity index (χ0) is 13.8. The van der Waals surface area contributed by atoms with Crippen LogP contribution in [-0.4, -0.2) is 16.1 Å². The molecule has 0 aliphatic rings. The first kappa shape index (κ1) is 14.0. The summed E-state index contributed by atoms with van der Waals surface area (Å²) in [4.78, 5) is 15.8. The fraction of sp³-hybridized carbons (Fsp3) is 0.231. The van der Waals surface area contributed by atoms with Crippen molar-refractivity contribution in [3.63, 3.8) is 0 Å². The summed E-state index contributed by atoms with van der Waals surface area (Å²) in [6.45, 7) is 2.01. The highest BCUT2D eigenvalue weighted by molar-refractivity contribution is 9.10. The molecule has 6 heteroatoms. The maximum Gasteiger partial charge on any atom is 0.347 e. The zero-order valence-electron chi connectivity index (χ0n) is 10.3. The van der Waals surface area contributed by atoms with Gasteiger partial charge in [-0.25, -0.2) is 9.78 Å². The van der Waals surface area contributed by atoms with Crippen molar-refractivity contribution in [1.82, 2.24) is 4.98 Å². The van der Waals surface area contributed by atoms with Gasteiger partial charge in [0.25, 0.3) is 0 Å². The number of carboxylic acid groups (broad SMARTS) is 1. The molecule has 1 aromatic heterocycles. The van der Waals surface area contributed by atoms with Gasteiger partial charge < -0.3 is 10.4 Å². The van der Waals surface area contributed by atoms with E-state index in [1.807, 2.05) is 31.2 Å². The SMILES string of the molecule is CCCc1nc(Nc2cccc(Br)c2)sc1C(=O)O. The lowest BCUT2D eigenvalue weighted by Gasteiger charge is -2.02. The summed E-state index contributed by atoms with van der Waals surface area (Å²) in [6, 6.07) is 7.66. The monoisotopic (exact) mass is 340 g/mol. The Labute approximate surface area is 123 Å². The molecule has 0 bridgehead atoms. The van der Waals surface area contributed by atoms with Crippen molar-refractivity contribution in [2.45, 2.75) is 19.8 Å². The van der Waals surface area contributed by atoms with Gasteiger partial charge in [0.15, 0.2) is 5.13 Å². The predicted octanol–water partition coefficient (Wildman–Crippen LogP) is 4.30. The average molecular weight is 341 g/mol. The highest BCUT2D eigenvalue weighted by Gasteiger charge is 2.16. The first-order valence-corrected chi connectivity index (χ1v) is 7.46. The van der Waals surface area contributed by atoms with Crippen LogP contribution in [0.4, 0.5) is 10.8 Å². The summed E-state index contributed by atoms with van der Waals surface area (Å²) in [5.74, 6) is -0.914. The number of carbonyl (C=O) groups is 1. The standard InChI is InChI=1S/C13H13BrN2O2S/c1-2-4-10-11(12(17)18)19-13(16-10)15-9-6-3-5-8(14)7-9/h3,5-7H,2,4H2,1H3,(H,15,16)(H,17,18). The first-order valence-electron chi connectivity index (χ1n) is 5.85. The van der Waals surface area contributed by atoms with E-state index in [9.17, 15) is 4.79 Å². The summed E-state index contributed by atoms with van der Waals surface area (Å²) in [6.07, 6.45) is 1.55. The van der Waals surface area contributed by atoms with Gasteiger partial charge in [0.2, 0.25) is 0 Å². The molecule has 0 spiro atoms. The highest BCUT2D eigenvalue weighted by Crippen LogP contribution is 2.28. The number of carboxylic acids is 1. The minimum Gasteiger partial charge on any atom is -0.477 e. The third-order valence-electron chi connectivity index (χ3n) is 2.45. The number of rotatable bonds is 5. The third kappa shape index (κ3) is 3.54. The third-order valence-corrected chi connectivity index (χ3v) is 3.95. The van der Waals surface area contributed by atoms with Gasteiger partial charge in [-0.05, 0) is 24.6 Å². The van der Waals surface area contributed by atoms with Crippen LogP contribution in [0.2, 0.25) is 0 Å². The molecule has 1 aromatic carbocycles. The molecule has 0 fully saturated rings. The van der Waals surface area contributed by atoms with Crippen LogP contribution in [0.5, 0.6) is 0 Å². The molecule has 0 saturated carbocycles. The highest BCUT2D eigenvalue weighted by atomic mass is 79.9. The van der Waals surface area contributed by atoms with Crippen LogP contribution in [0.3, 0.4) is 0 Å². The second-order valence-corrected chi connectivity index (χ2v) is 5.90. The molecule has 0 aliphatic carbocycles. The summed E-state index contributed by atoms with van der Waals surface area (Å²) < 4.78 is 0.960. The molecule has 19 heavy (non-hydrogen) atoms. The minimum absolute atomic E-state index is 0.319. The number of thiazole rings is 1. The normalized spacial score (nSPS) is 10.4. The number of nitrogens with one attached hydrogen (secondary N) is 1. The van der Waals surface area contributed by atoms with Gasteiger partial charge in [-0.1, -0.05) is 46.7 Å². The summed E-state index contributed by atoms with van der Waals surface area (Å²) in [7, 11) is 0. The van der Waals surface area contributed by atoms with Gasteiger partial charge in [-0.15, -0.1) is 0 Å². The van der Waals surface area contributed by atoms with Crippen LogP contribution < -0.4 is 5.32 Å². The topological polar surface area (TPSA) is 62.2 Å². The number of aromatic nitrogens is 1. The van der Waals surface area contributed by atoms with Crippen LogP contribution in [0, 0.1) is 0 Å². The van der Waals surface area contributed by atoms with Crippen molar-refractivity contribution >= 4 is 44.1 Å². The maximum atomic E-state index is 11.2. The molecule has 0 saturated heterocycles. The second-order valence-electron chi connectivity index (χ2n) is 3.99. The van der Waals surface area contributed by atoms with Crippen molar-refractivity contribution in [2.24, 2.45) is 0 Å². The van der Waals surface area contributed by atoms with Crippen molar-refractivity contribution < 1.29 is 9.90 Å². The number of benzene rings is 1. The van der Waals surface area contributed by atoms with Gasteiger partial charge in [0, 0.05) is 10.2 Å². The summed E-state index contributed by atoms with van der Waals surface area (Å²) in [5.41, 5.74) is 1.53. The fourth-order valence-corrected chi connectivity index (χ4v) is 2.94. The molecule has 100 valence electrons. The Morgan fingerprint density at radius 3 is 2.95 bits per heavy atom. The number of aryl methyl sites for hydroxylation is 1. The Kier molecular flexibility index (Phi) is 4.55. The lowest BCUT2D eigenvalue weighted by molar-refractivity contribution is 0.0700.